The molecule has 0 atom stereocenters. The molecule has 4 heteroatoms. The molecule has 106 valence electrons. The maximum Gasteiger partial charge on any atom is 0.293 e. The van der Waals surface area contributed by atoms with Crippen LogP contribution in [0.3, 0.4) is 0 Å². The Bertz CT molecular complexity index is 166. The summed E-state index contributed by atoms with van der Waals surface area (Å²) < 4.78 is 4.63. The molecule has 0 heterocycles. The summed E-state index contributed by atoms with van der Waals surface area (Å²) in [6.07, 6.45) is 12.9. The molecule has 0 radical (unpaired) electrons. The van der Waals surface area contributed by atoms with E-state index < -0.39 is 0 Å². The van der Waals surface area contributed by atoms with E-state index >= 15 is 0 Å². The van der Waals surface area contributed by atoms with Gasteiger partial charge in [0, 0.05) is 6.54 Å². The first-order chi connectivity index (χ1) is 8.91. The standard InChI is InChI=1S/C14H27NO3/c16-13-15-11-9-7-5-3-1-2-4-6-8-10-12-18-14-17/h13-14H,1-12H2,(H,15,16). The number of amides is 1. The lowest BCUT2D eigenvalue weighted by Gasteiger charge is -2.02. The monoisotopic (exact) mass is 257 g/mol. The Morgan fingerprint density at radius 1 is 0.722 bits per heavy atom. The zero-order valence-corrected chi connectivity index (χ0v) is 11.4. The second-order valence-electron chi connectivity index (χ2n) is 4.57. The van der Waals surface area contributed by atoms with E-state index in [0.717, 1.165) is 32.2 Å². The van der Waals surface area contributed by atoms with Crippen LogP contribution in [-0.4, -0.2) is 26.0 Å². The van der Waals surface area contributed by atoms with Crippen molar-refractivity contribution >= 4 is 12.9 Å². The van der Waals surface area contributed by atoms with E-state index in [1.165, 1.54) is 44.9 Å². The topological polar surface area (TPSA) is 55.4 Å². The van der Waals surface area contributed by atoms with Gasteiger partial charge in [-0.3, -0.25) is 9.59 Å². The van der Waals surface area contributed by atoms with Gasteiger partial charge in [-0.2, -0.15) is 0 Å². The van der Waals surface area contributed by atoms with Gasteiger partial charge in [0.25, 0.3) is 6.47 Å². The van der Waals surface area contributed by atoms with Crippen molar-refractivity contribution < 1.29 is 14.3 Å². The first-order valence-electron chi connectivity index (χ1n) is 7.14. The molecule has 0 aliphatic carbocycles. The zero-order valence-electron chi connectivity index (χ0n) is 11.4. The van der Waals surface area contributed by atoms with Crippen LogP contribution in [0.15, 0.2) is 0 Å². The molecular weight excluding hydrogens is 230 g/mol. The third kappa shape index (κ3) is 14.9. The lowest BCUT2D eigenvalue weighted by atomic mass is 10.1. The van der Waals surface area contributed by atoms with Crippen LogP contribution in [0.5, 0.6) is 0 Å². The van der Waals surface area contributed by atoms with Gasteiger partial charge in [-0.15, -0.1) is 0 Å². The lowest BCUT2D eigenvalue weighted by molar-refractivity contribution is -0.128. The van der Waals surface area contributed by atoms with Crippen molar-refractivity contribution in [3.8, 4) is 0 Å². The van der Waals surface area contributed by atoms with Crippen molar-refractivity contribution in [1.29, 1.82) is 0 Å². The van der Waals surface area contributed by atoms with Gasteiger partial charge in [0.05, 0.1) is 6.61 Å². The van der Waals surface area contributed by atoms with Gasteiger partial charge >= 0.3 is 0 Å². The molecule has 0 aliphatic heterocycles. The van der Waals surface area contributed by atoms with Gasteiger partial charge in [0.15, 0.2) is 0 Å². The average Bonchev–Trinajstić information content (AvgIpc) is 2.39. The van der Waals surface area contributed by atoms with Crippen LogP contribution in [0.2, 0.25) is 0 Å². The van der Waals surface area contributed by atoms with Gasteiger partial charge in [-0.25, -0.2) is 0 Å². The van der Waals surface area contributed by atoms with Crippen LogP contribution < -0.4 is 5.32 Å². The van der Waals surface area contributed by atoms with E-state index in [-0.39, 0.29) is 0 Å². The van der Waals surface area contributed by atoms with E-state index in [4.69, 9.17) is 0 Å². The maximum absolute atomic E-state index is 9.99. The van der Waals surface area contributed by atoms with Crippen molar-refractivity contribution in [3.05, 3.63) is 0 Å². The van der Waals surface area contributed by atoms with Crippen molar-refractivity contribution in [3.63, 3.8) is 0 Å². The van der Waals surface area contributed by atoms with Crippen LogP contribution in [0, 0.1) is 0 Å². The highest BCUT2D eigenvalue weighted by Gasteiger charge is 1.93. The van der Waals surface area contributed by atoms with Gasteiger partial charge in [0.1, 0.15) is 0 Å². The Hall–Kier alpha value is -1.06. The number of ether oxygens (including phenoxy) is 1. The van der Waals surface area contributed by atoms with E-state index in [1.807, 2.05) is 0 Å². The summed E-state index contributed by atoms with van der Waals surface area (Å²) in [6.45, 7) is 1.90. The average molecular weight is 257 g/mol. The molecule has 0 unspecified atom stereocenters. The Balaban J connectivity index is 2.90. The van der Waals surface area contributed by atoms with E-state index in [1.54, 1.807) is 0 Å². The second-order valence-corrected chi connectivity index (χ2v) is 4.57. The Labute approximate surface area is 110 Å². The molecular formula is C14H27NO3. The van der Waals surface area contributed by atoms with Crippen molar-refractivity contribution in [2.24, 2.45) is 0 Å². The molecule has 0 spiro atoms. The third-order valence-corrected chi connectivity index (χ3v) is 2.98. The summed E-state index contributed by atoms with van der Waals surface area (Å²) >= 11 is 0. The number of hydrogen-bond acceptors (Lipinski definition) is 3. The Kier molecular flexibility index (Phi) is 15.0. The number of hydrogen-bond donors (Lipinski definition) is 1. The van der Waals surface area contributed by atoms with E-state index in [0.29, 0.717) is 13.1 Å². The minimum Gasteiger partial charge on any atom is -0.468 e. The SMILES string of the molecule is O=CNCCCCCCCCCCCCOC=O. The van der Waals surface area contributed by atoms with Crippen LogP contribution in [0.4, 0.5) is 0 Å². The number of carbonyl (C=O) groups excluding carboxylic acids is 2. The smallest absolute Gasteiger partial charge is 0.293 e. The molecule has 1 N–H and O–H groups in total. The molecule has 1 amide bonds. The van der Waals surface area contributed by atoms with Crippen LogP contribution >= 0.6 is 0 Å². The number of unbranched alkanes of at least 4 members (excludes halogenated alkanes) is 9. The predicted molar refractivity (Wildman–Crippen MR) is 72.3 cm³/mol. The fourth-order valence-corrected chi connectivity index (χ4v) is 1.93. The van der Waals surface area contributed by atoms with Crippen molar-refractivity contribution in [2.45, 2.75) is 64.2 Å². The molecule has 4 nitrogen and oxygen atoms in total. The zero-order chi connectivity index (χ0) is 13.3. The van der Waals surface area contributed by atoms with Gasteiger partial charge < -0.3 is 10.1 Å². The minimum absolute atomic E-state index is 0.518. The maximum atomic E-state index is 9.99. The summed E-state index contributed by atoms with van der Waals surface area (Å²) in [4.78, 5) is 19.9. The molecule has 0 saturated carbocycles. The summed E-state index contributed by atoms with van der Waals surface area (Å²) in [5.41, 5.74) is 0. The highest BCUT2D eigenvalue weighted by atomic mass is 16.5. The summed E-state index contributed by atoms with van der Waals surface area (Å²) in [7, 11) is 0. The highest BCUT2D eigenvalue weighted by molar-refractivity contribution is 5.45. The molecule has 0 aliphatic rings. The van der Waals surface area contributed by atoms with Gasteiger partial charge in [0.2, 0.25) is 6.41 Å². The minimum atomic E-state index is 0.518. The van der Waals surface area contributed by atoms with Crippen LogP contribution in [0.1, 0.15) is 64.2 Å². The molecule has 0 bridgehead atoms. The summed E-state index contributed by atoms with van der Waals surface area (Å²) in [5.74, 6) is 0. The molecule has 0 aromatic heterocycles. The molecule has 0 saturated heterocycles. The molecule has 0 rings (SSSR count). The fraction of sp³-hybridized carbons (Fsp3) is 0.857. The quantitative estimate of drug-likeness (QED) is 0.362. The number of rotatable bonds is 15. The lowest BCUT2D eigenvalue weighted by Crippen LogP contribution is -2.11. The first kappa shape index (κ1) is 16.9. The third-order valence-electron chi connectivity index (χ3n) is 2.98. The fourth-order valence-electron chi connectivity index (χ4n) is 1.93. The largest absolute Gasteiger partial charge is 0.468 e. The summed E-state index contributed by atoms with van der Waals surface area (Å²) in [6, 6.07) is 0. The first-order valence-corrected chi connectivity index (χ1v) is 7.14. The molecule has 0 aromatic rings. The van der Waals surface area contributed by atoms with Gasteiger partial charge in [-0.05, 0) is 12.8 Å². The number of nitrogens with one attached hydrogen (secondary N) is 1. The molecule has 0 aromatic carbocycles. The highest BCUT2D eigenvalue weighted by Crippen LogP contribution is 2.10. The summed E-state index contributed by atoms with van der Waals surface area (Å²) in [5, 5.41) is 2.68. The Morgan fingerprint density at radius 3 is 1.72 bits per heavy atom. The Morgan fingerprint density at radius 2 is 1.22 bits per heavy atom. The normalized spacial score (nSPS) is 10.0. The second kappa shape index (κ2) is 15.9. The van der Waals surface area contributed by atoms with E-state index in [2.05, 4.69) is 10.1 Å². The predicted octanol–water partition coefficient (Wildman–Crippen LogP) is 2.81. The van der Waals surface area contributed by atoms with Crippen LogP contribution in [0.25, 0.3) is 0 Å². The molecule has 0 fully saturated rings. The van der Waals surface area contributed by atoms with Crippen LogP contribution in [-0.2, 0) is 14.3 Å². The van der Waals surface area contributed by atoms with Gasteiger partial charge in [-0.1, -0.05) is 51.4 Å². The molecule has 18 heavy (non-hydrogen) atoms. The number of carbonyl (C=O) groups is 2. The van der Waals surface area contributed by atoms with Crippen molar-refractivity contribution in [1.82, 2.24) is 5.32 Å². The van der Waals surface area contributed by atoms with Crippen molar-refractivity contribution in [2.75, 3.05) is 13.2 Å². The van der Waals surface area contributed by atoms with E-state index in [9.17, 15) is 9.59 Å².